The number of rotatable bonds is 5. The fourth-order valence-electron chi connectivity index (χ4n) is 2.87. The first-order valence-corrected chi connectivity index (χ1v) is 8.95. The summed E-state index contributed by atoms with van der Waals surface area (Å²) in [4.78, 5) is 26.6. The number of fused-ring (bicyclic) bond motifs is 1. The molecule has 1 aliphatic heterocycles. The van der Waals surface area contributed by atoms with E-state index in [1.807, 2.05) is 50.2 Å². The van der Waals surface area contributed by atoms with Gasteiger partial charge in [-0.3, -0.25) is 9.59 Å². The number of carbonyl (C=O) groups excluding carboxylic acids is 2. The van der Waals surface area contributed by atoms with Crippen molar-refractivity contribution in [2.45, 2.75) is 39.4 Å². The minimum Gasteiger partial charge on any atom is -0.483 e. The number of nitrogens with zero attached hydrogens (tertiary/aromatic N) is 1. The van der Waals surface area contributed by atoms with Gasteiger partial charge in [-0.05, 0) is 37.1 Å². The van der Waals surface area contributed by atoms with E-state index in [4.69, 9.17) is 4.74 Å². The molecular weight excluding hydrogens is 328 g/mol. The van der Waals surface area contributed by atoms with Gasteiger partial charge >= 0.3 is 0 Å². The maximum absolute atomic E-state index is 12.4. The van der Waals surface area contributed by atoms with Crippen LogP contribution in [-0.2, 0) is 17.9 Å². The van der Waals surface area contributed by atoms with Crippen molar-refractivity contribution in [1.82, 2.24) is 10.2 Å². The zero-order chi connectivity index (χ0) is 18.5. The van der Waals surface area contributed by atoms with Crippen LogP contribution < -0.4 is 10.1 Å². The highest BCUT2D eigenvalue weighted by atomic mass is 16.5. The SMILES string of the molecule is CC[C@@H](C)NC(=O)c1ccc2c(c1)CN(Cc1ccccc1)C(=O)CO2. The summed E-state index contributed by atoms with van der Waals surface area (Å²) < 4.78 is 5.64. The van der Waals surface area contributed by atoms with E-state index in [1.165, 1.54) is 0 Å². The van der Waals surface area contributed by atoms with E-state index in [-0.39, 0.29) is 24.5 Å². The molecule has 2 aromatic carbocycles. The number of nitrogens with one attached hydrogen (secondary N) is 1. The number of hydrogen-bond donors (Lipinski definition) is 1. The summed E-state index contributed by atoms with van der Waals surface area (Å²) in [5.41, 5.74) is 2.50. The van der Waals surface area contributed by atoms with Crippen molar-refractivity contribution in [1.29, 1.82) is 0 Å². The third kappa shape index (κ3) is 4.23. The average molecular weight is 352 g/mol. The van der Waals surface area contributed by atoms with E-state index in [9.17, 15) is 9.59 Å². The smallest absolute Gasteiger partial charge is 0.261 e. The normalized spacial score (nSPS) is 14.8. The summed E-state index contributed by atoms with van der Waals surface area (Å²) >= 11 is 0. The Labute approximate surface area is 154 Å². The van der Waals surface area contributed by atoms with Gasteiger partial charge in [-0.15, -0.1) is 0 Å². The standard InChI is InChI=1S/C21H24N2O3/c1-3-15(2)22-21(25)17-9-10-19-18(11-17)13-23(20(24)14-26-19)12-16-7-5-4-6-8-16/h4-11,15H,3,12-14H2,1-2H3,(H,22,25)/t15-/m1/s1. The van der Waals surface area contributed by atoms with E-state index < -0.39 is 0 Å². The number of amides is 2. The summed E-state index contributed by atoms with van der Waals surface area (Å²) in [5.74, 6) is 0.497. The maximum Gasteiger partial charge on any atom is 0.261 e. The molecule has 0 bridgehead atoms. The Morgan fingerprint density at radius 2 is 2.00 bits per heavy atom. The summed E-state index contributed by atoms with van der Waals surface area (Å²) in [6, 6.07) is 15.3. The Morgan fingerprint density at radius 3 is 2.73 bits per heavy atom. The zero-order valence-electron chi connectivity index (χ0n) is 15.2. The minimum absolute atomic E-state index is 0.0121. The van der Waals surface area contributed by atoms with Crippen LogP contribution in [0.15, 0.2) is 48.5 Å². The molecule has 5 heteroatoms. The van der Waals surface area contributed by atoms with Crippen LogP contribution in [0, 0.1) is 0 Å². The van der Waals surface area contributed by atoms with Crippen molar-refractivity contribution < 1.29 is 14.3 Å². The second kappa shape index (κ2) is 8.04. The molecule has 0 radical (unpaired) electrons. The Balaban J connectivity index is 1.80. The van der Waals surface area contributed by atoms with E-state index >= 15 is 0 Å². The van der Waals surface area contributed by atoms with Gasteiger partial charge in [0.15, 0.2) is 6.61 Å². The summed E-state index contributed by atoms with van der Waals surface area (Å²) in [6.07, 6.45) is 0.874. The van der Waals surface area contributed by atoms with Crippen LogP contribution in [0.25, 0.3) is 0 Å². The quantitative estimate of drug-likeness (QED) is 0.899. The van der Waals surface area contributed by atoms with Crippen LogP contribution in [0.3, 0.4) is 0 Å². The van der Waals surface area contributed by atoms with Crippen LogP contribution in [0.5, 0.6) is 5.75 Å². The third-order valence-electron chi connectivity index (χ3n) is 4.59. The molecule has 2 aromatic rings. The van der Waals surface area contributed by atoms with Crippen molar-refractivity contribution >= 4 is 11.8 Å². The number of carbonyl (C=O) groups is 2. The highest BCUT2D eigenvalue weighted by molar-refractivity contribution is 5.94. The van der Waals surface area contributed by atoms with Gasteiger partial charge < -0.3 is 15.0 Å². The van der Waals surface area contributed by atoms with Crippen LogP contribution in [0.2, 0.25) is 0 Å². The van der Waals surface area contributed by atoms with Crippen LogP contribution >= 0.6 is 0 Å². The topological polar surface area (TPSA) is 58.6 Å². The lowest BCUT2D eigenvalue weighted by molar-refractivity contribution is -0.133. The van der Waals surface area contributed by atoms with E-state index in [0.717, 1.165) is 17.5 Å². The van der Waals surface area contributed by atoms with Crippen molar-refractivity contribution in [3.05, 3.63) is 65.2 Å². The summed E-state index contributed by atoms with van der Waals surface area (Å²) in [7, 11) is 0. The molecule has 1 aliphatic rings. The number of benzene rings is 2. The Hall–Kier alpha value is -2.82. The molecule has 26 heavy (non-hydrogen) atoms. The molecule has 0 spiro atoms. The van der Waals surface area contributed by atoms with Gasteiger partial charge in [0.2, 0.25) is 0 Å². The lowest BCUT2D eigenvalue weighted by Crippen LogP contribution is -2.32. The molecule has 0 aromatic heterocycles. The molecule has 0 unspecified atom stereocenters. The first kappa shape index (κ1) is 18.0. The fraction of sp³-hybridized carbons (Fsp3) is 0.333. The van der Waals surface area contributed by atoms with E-state index in [0.29, 0.717) is 24.4 Å². The largest absolute Gasteiger partial charge is 0.483 e. The molecule has 1 N–H and O–H groups in total. The van der Waals surface area contributed by atoms with Crippen LogP contribution in [0.1, 0.15) is 41.8 Å². The molecule has 0 saturated heterocycles. The van der Waals surface area contributed by atoms with Crippen LogP contribution in [-0.4, -0.2) is 29.4 Å². The monoisotopic (exact) mass is 352 g/mol. The Morgan fingerprint density at radius 1 is 1.23 bits per heavy atom. The molecule has 0 fully saturated rings. The Bertz CT molecular complexity index is 789. The predicted molar refractivity (Wildman–Crippen MR) is 99.9 cm³/mol. The first-order chi connectivity index (χ1) is 12.6. The summed E-state index contributed by atoms with van der Waals surface area (Å²) in [5, 5.41) is 2.97. The van der Waals surface area contributed by atoms with E-state index in [2.05, 4.69) is 5.32 Å². The van der Waals surface area contributed by atoms with Gasteiger partial charge in [0, 0.05) is 30.3 Å². The molecule has 0 saturated carbocycles. The van der Waals surface area contributed by atoms with Gasteiger partial charge in [0.05, 0.1) is 0 Å². The number of ether oxygens (including phenoxy) is 1. The van der Waals surface area contributed by atoms with Crippen LogP contribution in [0.4, 0.5) is 0 Å². The van der Waals surface area contributed by atoms with E-state index in [1.54, 1.807) is 17.0 Å². The molecule has 1 atom stereocenters. The lowest BCUT2D eigenvalue weighted by atomic mass is 10.1. The van der Waals surface area contributed by atoms with Crippen molar-refractivity contribution in [3.63, 3.8) is 0 Å². The first-order valence-electron chi connectivity index (χ1n) is 8.95. The third-order valence-corrected chi connectivity index (χ3v) is 4.59. The van der Waals surface area contributed by atoms with Gasteiger partial charge in [-0.1, -0.05) is 37.3 Å². The summed E-state index contributed by atoms with van der Waals surface area (Å²) in [6.45, 7) is 4.96. The highest BCUT2D eigenvalue weighted by Crippen LogP contribution is 2.25. The fourth-order valence-corrected chi connectivity index (χ4v) is 2.87. The highest BCUT2D eigenvalue weighted by Gasteiger charge is 2.23. The van der Waals surface area contributed by atoms with Gasteiger partial charge in [0.1, 0.15) is 5.75 Å². The van der Waals surface area contributed by atoms with Gasteiger partial charge in [-0.2, -0.15) is 0 Å². The zero-order valence-corrected chi connectivity index (χ0v) is 15.2. The second-order valence-electron chi connectivity index (χ2n) is 6.63. The van der Waals surface area contributed by atoms with Crippen molar-refractivity contribution in [2.75, 3.05) is 6.61 Å². The van der Waals surface area contributed by atoms with Crippen molar-refractivity contribution in [2.24, 2.45) is 0 Å². The van der Waals surface area contributed by atoms with Crippen molar-refractivity contribution in [3.8, 4) is 5.75 Å². The Kier molecular flexibility index (Phi) is 5.56. The second-order valence-corrected chi connectivity index (χ2v) is 6.63. The number of hydrogen-bond acceptors (Lipinski definition) is 3. The lowest BCUT2D eigenvalue weighted by Gasteiger charge is -2.20. The molecule has 136 valence electrons. The molecule has 1 heterocycles. The molecule has 5 nitrogen and oxygen atoms in total. The predicted octanol–water partition coefficient (Wildman–Crippen LogP) is 3.14. The van der Waals surface area contributed by atoms with Gasteiger partial charge in [0.25, 0.3) is 11.8 Å². The minimum atomic E-state index is -0.104. The molecule has 2 amide bonds. The average Bonchev–Trinajstić information content (AvgIpc) is 2.81. The molecule has 0 aliphatic carbocycles. The molecule has 3 rings (SSSR count). The molecular formula is C21H24N2O3. The van der Waals surface area contributed by atoms with Gasteiger partial charge in [-0.25, -0.2) is 0 Å². The maximum atomic E-state index is 12.4.